The summed E-state index contributed by atoms with van der Waals surface area (Å²) in [6.07, 6.45) is 1.13. The predicted molar refractivity (Wildman–Crippen MR) is 93.3 cm³/mol. The van der Waals surface area contributed by atoms with Crippen LogP contribution in [-0.4, -0.2) is 25.1 Å². The van der Waals surface area contributed by atoms with Crippen LogP contribution in [0.5, 0.6) is 5.75 Å². The third kappa shape index (κ3) is 5.90. The molecule has 118 valence electrons. The molecule has 0 bridgehead atoms. The number of ether oxygens (including phenoxy) is 1. The third-order valence-corrected chi connectivity index (χ3v) is 3.60. The summed E-state index contributed by atoms with van der Waals surface area (Å²) in [5, 5.41) is 0. The van der Waals surface area contributed by atoms with Gasteiger partial charge >= 0.3 is 0 Å². The van der Waals surface area contributed by atoms with Gasteiger partial charge in [0.2, 0.25) is 0 Å². The highest BCUT2D eigenvalue weighted by Gasteiger charge is 2.02. The summed E-state index contributed by atoms with van der Waals surface area (Å²) >= 11 is 0. The van der Waals surface area contributed by atoms with Gasteiger partial charge in [-0.2, -0.15) is 0 Å². The quantitative estimate of drug-likeness (QED) is 0.716. The van der Waals surface area contributed by atoms with E-state index in [0.717, 1.165) is 25.3 Å². The van der Waals surface area contributed by atoms with E-state index < -0.39 is 0 Å². The van der Waals surface area contributed by atoms with E-state index >= 15 is 0 Å². The lowest BCUT2D eigenvalue weighted by Crippen LogP contribution is -2.23. The zero-order valence-corrected chi connectivity index (χ0v) is 14.0. The topological polar surface area (TPSA) is 12.5 Å². The molecule has 0 spiro atoms. The summed E-state index contributed by atoms with van der Waals surface area (Å²) in [5.41, 5.74) is 2.71. The van der Waals surface area contributed by atoms with Gasteiger partial charge in [-0.3, -0.25) is 4.90 Å². The monoisotopic (exact) mass is 297 g/mol. The van der Waals surface area contributed by atoms with Crippen molar-refractivity contribution in [3.63, 3.8) is 0 Å². The van der Waals surface area contributed by atoms with E-state index in [2.05, 4.69) is 80.4 Å². The minimum absolute atomic E-state index is 0.693. The lowest BCUT2D eigenvalue weighted by molar-refractivity contribution is 0.233. The number of benzene rings is 2. The number of nitrogens with zero attached hydrogens (tertiary/aromatic N) is 1. The summed E-state index contributed by atoms with van der Waals surface area (Å²) in [7, 11) is 2.13. The molecule has 0 N–H and O–H groups in total. The first-order chi connectivity index (χ1) is 10.6. The molecule has 0 saturated carbocycles. The molecule has 0 atom stereocenters. The highest BCUT2D eigenvalue weighted by atomic mass is 16.5. The minimum atomic E-state index is 0.693. The molecule has 2 aromatic carbocycles. The fourth-order valence-corrected chi connectivity index (χ4v) is 2.49. The summed E-state index contributed by atoms with van der Waals surface area (Å²) in [6.45, 7) is 7.08. The van der Waals surface area contributed by atoms with Crippen LogP contribution in [0.3, 0.4) is 0 Å². The smallest absolute Gasteiger partial charge is 0.119 e. The Morgan fingerprint density at radius 3 is 2.23 bits per heavy atom. The van der Waals surface area contributed by atoms with Crippen LogP contribution < -0.4 is 4.74 Å². The van der Waals surface area contributed by atoms with E-state index in [4.69, 9.17) is 4.74 Å². The molecule has 2 rings (SSSR count). The Balaban J connectivity index is 1.71. The Morgan fingerprint density at radius 1 is 0.909 bits per heavy atom. The second kappa shape index (κ2) is 8.60. The molecule has 22 heavy (non-hydrogen) atoms. The standard InChI is InChI=1S/C20H27NO/c1-17(2)15-18-9-11-20(12-10-18)22-14-13-21(3)16-19-7-5-4-6-8-19/h4-12,17H,13-16H2,1-3H3. The van der Waals surface area contributed by atoms with Crippen molar-refractivity contribution in [2.24, 2.45) is 5.92 Å². The lowest BCUT2D eigenvalue weighted by Gasteiger charge is -2.17. The van der Waals surface area contributed by atoms with Crippen molar-refractivity contribution in [1.82, 2.24) is 4.90 Å². The van der Waals surface area contributed by atoms with E-state index in [1.165, 1.54) is 11.1 Å². The van der Waals surface area contributed by atoms with Gasteiger partial charge in [-0.05, 0) is 42.6 Å². The van der Waals surface area contributed by atoms with Gasteiger partial charge in [0.15, 0.2) is 0 Å². The third-order valence-electron chi connectivity index (χ3n) is 3.60. The van der Waals surface area contributed by atoms with Gasteiger partial charge in [-0.1, -0.05) is 56.3 Å². The van der Waals surface area contributed by atoms with Crippen LogP contribution in [-0.2, 0) is 13.0 Å². The Hall–Kier alpha value is -1.80. The van der Waals surface area contributed by atoms with Crippen molar-refractivity contribution in [3.8, 4) is 5.75 Å². The second-order valence-electron chi connectivity index (χ2n) is 6.31. The first-order valence-corrected chi connectivity index (χ1v) is 8.07. The predicted octanol–water partition coefficient (Wildman–Crippen LogP) is 4.40. The summed E-state index contributed by atoms with van der Waals surface area (Å²) in [5.74, 6) is 1.65. The summed E-state index contributed by atoms with van der Waals surface area (Å²) in [6, 6.07) is 19.0. The molecule has 2 heteroatoms. The molecule has 0 radical (unpaired) electrons. The van der Waals surface area contributed by atoms with Gasteiger partial charge in [0, 0.05) is 13.1 Å². The van der Waals surface area contributed by atoms with Crippen LogP contribution in [0, 0.1) is 5.92 Å². The van der Waals surface area contributed by atoms with E-state index in [9.17, 15) is 0 Å². The number of hydrogen-bond acceptors (Lipinski definition) is 2. The lowest BCUT2D eigenvalue weighted by atomic mass is 10.0. The highest BCUT2D eigenvalue weighted by molar-refractivity contribution is 5.27. The average Bonchev–Trinajstić information content (AvgIpc) is 2.49. The zero-order chi connectivity index (χ0) is 15.8. The average molecular weight is 297 g/mol. The largest absolute Gasteiger partial charge is 0.492 e. The molecule has 0 unspecified atom stereocenters. The molecular formula is C20H27NO. The number of rotatable bonds is 8. The maximum Gasteiger partial charge on any atom is 0.119 e. The molecule has 0 amide bonds. The van der Waals surface area contributed by atoms with Gasteiger partial charge in [0.05, 0.1) is 0 Å². The number of likely N-dealkylation sites (N-methyl/N-ethyl adjacent to an activating group) is 1. The fraction of sp³-hybridized carbons (Fsp3) is 0.400. The van der Waals surface area contributed by atoms with Crippen molar-refractivity contribution in [2.75, 3.05) is 20.2 Å². The fourth-order valence-electron chi connectivity index (χ4n) is 2.49. The molecular weight excluding hydrogens is 270 g/mol. The highest BCUT2D eigenvalue weighted by Crippen LogP contribution is 2.15. The summed E-state index contributed by atoms with van der Waals surface area (Å²) in [4.78, 5) is 2.28. The Labute approximate surface area is 134 Å². The molecule has 0 aliphatic heterocycles. The summed E-state index contributed by atoms with van der Waals surface area (Å²) < 4.78 is 5.83. The van der Waals surface area contributed by atoms with Crippen molar-refractivity contribution in [2.45, 2.75) is 26.8 Å². The molecule has 2 nitrogen and oxygen atoms in total. The molecule has 0 fully saturated rings. The van der Waals surface area contributed by atoms with Crippen LogP contribution >= 0.6 is 0 Å². The molecule has 0 aromatic heterocycles. The van der Waals surface area contributed by atoms with Gasteiger partial charge in [-0.25, -0.2) is 0 Å². The van der Waals surface area contributed by atoms with Crippen LogP contribution in [0.4, 0.5) is 0 Å². The maximum absolute atomic E-state index is 5.83. The van der Waals surface area contributed by atoms with E-state index in [-0.39, 0.29) is 0 Å². The SMILES string of the molecule is CC(C)Cc1ccc(OCCN(C)Cc2ccccc2)cc1. The molecule has 0 heterocycles. The minimum Gasteiger partial charge on any atom is -0.492 e. The Morgan fingerprint density at radius 2 is 1.59 bits per heavy atom. The molecule has 0 saturated heterocycles. The molecule has 0 aliphatic rings. The number of hydrogen-bond donors (Lipinski definition) is 0. The maximum atomic E-state index is 5.83. The Bertz CT molecular complexity index is 533. The first-order valence-electron chi connectivity index (χ1n) is 8.07. The van der Waals surface area contributed by atoms with Crippen LogP contribution in [0.15, 0.2) is 54.6 Å². The van der Waals surface area contributed by atoms with Crippen molar-refractivity contribution in [3.05, 3.63) is 65.7 Å². The van der Waals surface area contributed by atoms with Gasteiger partial charge < -0.3 is 4.74 Å². The van der Waals surface area contributed by atoms with Crippen LogP contribution in [0.25, 0.3) is 0 Å². The van der Waals surface area contributed by atoms with E-state index in [0.29, 0.717) is 12.5 Å². The van der Waals surface area contributed by atoms with Gasteiger partial charge in [0.1, 0.15) is 12.4 Å². The molecule has 2 aromatic rings. The first kappa shape index (κ1) is 16.6. The van der Waals surface area contributed by atoms with Crippen molar-refractivity contribution in [1.29, 1.82) is 0 Å². The van der Waals surface area contributed by atoms with E-state index in [1.54, 1.807) is 0 Å². The van der Waals surface area contributed by atoms with E-state index in [1.807, 2.05) is 0 Å². The second-order valence-corrected chi connectivity index (χ2v) is 6.31. The van der Waals surface area contributed by atoms with Gasteiger partial charge in [0.25, 0.3) is 0 Å². The van der Waals surface area contributed by atoms with Crippen LogP contribution in [0.2, 0.25) is 0 Å². The van der Waals surface area contributed by atoms with Crippen molar-refractivity contribution < 1.29 is 4.74 Å². The van der Waals surface area contributed by atoms with Crippen molar-refractivity contribution >= 4 is 0 Å². The van der Waals surface area contributed by atoms with Gasteiger partial charge in [-0.15, -0.1) is 0 Å². The Kier molecular flexibility index (Phi) is 6.47. The molecule has 0 aliphatic carbocycles. The zero-order valence-electron chi connectivity index (χ0n) is 14.0. The normalized spacial score (nSPS) is 11.1. The van der Waals surface area contributed by atoms with Crippen LogP contribution in [0.1, 0.15) is 25.0 Å².